The average molecular weight is 273 g/mol. The lowest BCUT2D eigenvalue weighted by Crippen LogP contribution is -2.15. The van der Waals surface area contributed by atoms with Gasteiger partial charge in [-0.3, -0.25) is 9.59 Å². The molecule has 3 rings (SSSR count). The minimum absolute atomic E-state index is 0.0980. The number of rotatable bonds is 1. The molecule has 0 saturated carbocycles. The number of aromatic amines is 1. The molecule has 0 spiro atoms. The van der Waals surface area contributed by atoms with Crippen LogP contribution in [0.3, 0.4) is 0 Å². The van der Waals surface area contributed by atoms with Crippen LogP contribution in [0.25, 0.3) is 21.6 Å². The van der Waals surface area contributed by atoms with E-state index in [1.807, 2.05) is 13.0 Å². The molecule has 0 amide bonds. The molecule has 0 aliphatic carbocycles. The maximum atomic E-state index is 12.0. The first kappa shape index (κ1) is 11.9. The minimum Gasteiger partial charge on any atom is -0.318 e. The largest absolute Gasteiger partial charge is 0.318 e. The third-order valence-electron chi connectivity index (χ3n) is 2.88. The smallest absolute Gasteiger partial charge is 0.259 e. The monoisotopic (exact) mass is 273 g/mol. The summed E-state index contributed by atoms with van der Waals surface area (Å²) in [6, 6.07) is 4.95. The van der Waals surface area contributed by atoms with Crippen LogP contribution in [0.15, 0.2) is 34.0 Å². The Morgan fingerprint density at radius 2 is 2.11 bits per heavy atom. The van der Waals surface area contributed by atoms with Gasteiger partial charge in [-0.25, -0.2) is 4.98 Å². The fourth-order valence-electron chi connectivity index (χ4n) is 1.92. The van der Waals surface area contributed by atoms with Gasteiger partial charge in [-0.2, -0.15) is 0 Å². The molecule has 0 fully saturated rings. The summed E-state index contributed by atoms with van der Waals surface area (Å²) < 4.78 is 1.46. The van der Waals surface area contributed by atoms with Crippen molar-refractivity contribution in [2.75, 3.05) is 0 Å². The van der Waals surface area contributed by atoms with Crippen LogP contribution in [-0.4, -0.2) is 14.5 Å². The molecule has 0 aliphatic rings. The van der Waals surface area contributed by atoms with Gasteiger partial charge in [0.2, 0.25) is 5.56 Å². The summed E-state index contributed by atoms with van der Waals surface area (Å²) in [7, 11) is 1.66. The summed E-state index contributed by atoms with van der Waals surface area (Å²) in [6.07, 6.45) is 1.66. The molecule has 0 aliphatic heterocycles. The zero-order valence-electron chi connectivity index (χ0n) is 10.4. The molecule has 0 radical (unpaired) electrons. The summed E-state index contributed by atoms with van der Waals surface area (Å²) in [5.74, 6) is 0.481. The molecular formula is C13H11N3O2S. The van der Waals surface area contributed by atoms with Crippen molar-refractivity contribution in [3.63, 3.8) is 0 Å². The molecule has 0 atom stereocenters. The van der Waals surface area contributed by atoms with Crippen LogP contribution in [0.2, 0.25) is 0 Å². The van der Waals surface area contributed by atoms with Crippen molar-refractivity contribution in [2.45, 2.75) is 6.92 Å². The number of thiophene rings is 1. The van der Waals surface area contributed by atoms with Crippen LogP contribution in [-0.2, 0) is 7.05 Å². The molecule has 96 valence electrons. The molecule has 0 saturated heterocycles. The van der Waals surface area contributed by atoms with Crippen molar-refractivity contribution in [3.05, 3.63) is 50.0 Å². The Labute approximate surface area is 112 Å². The zero-order chi connectivity index (χ0) is 13.6. The quantitative estimate of drug-likeness (QED) is 0.733. The van der Waals surface area contributed by atoms with Gasteiger partial charge in [0, 0.05) is 29.8 Å². The van der Waals surface area contributed by atoms with E-state index in [1.165, 1.54) is 22.0 Å². The molecule has 3 aromatic heterocycles. The standard InChI is InChI=1S/C13H11N3O2S/c1-7-5-9-12(18)14-11(15-13(9)19-7)8-3-4-10(17)16(2)6-8/h3-6H,1-2H3,(H,14,15,18). The topological polar surface area (TPSA) is 67.8 Å². The van der Waals surface area contributed by atoms with Crippen LogP contribution < -0.4 is 11.1 Å². The highest BCUT2D eigenvalue weighted by molar-refractivity contribution is 7.18. The van der Waals surface area contributed by atoms with Crippen molar-refractivity contribution in [3.8, 4) is 11.4 Å². The fourth-order valence-corrected chi connectivity index (χ4v) is 2.80. The number of nitrogens with zero attached hydrogens (tertiary/aromatic N) is 2. The van der Waals surface area contributed by atoms with Gasteiger partial charge in [-0.1, -0.05) is 0 Å². The molecule has 0 unspecified atom stereocenters. The average Bonchev–Trinajstić information content (AvgIpc) is 2.74. The molecule has 5 nitrogen and oxygen atoms in total. The van der Waals surface area contributed by atoms with Gasteiger partial charge in [0.05, 0.1) is 5.39 Å². The van der Waals surface area contributed by atoms with E-state index in [2.05, 4.69) is 9.97 Å². The first-order valence-corrected chi connectivity index (χ1v) is 6.54. The first-order chi connectivity index (χ1) is 9.04. The van der Waals surface area contributed by atoms with Crippen molar-refractivity contribution in [2.24, 2.45) is 7.05 Å². The summed E-state index contributed by atoms with van der Waals surface area (Å²) in [5, 5.41) is 0.607. The van der Waals surface area contributed by atoms with Crippen molar-refractivity contribution in [1.29, 1.82) is 0 Å². The van der Waals surface area contributed by atoms with Gasteiger partial charge < -0.3 is 9.55 Å². The Hall–Kier alpha value is -2.21. The first-order valence-electron chi connectivity index (χ1n) is 5.72. The maximum absolute atomic E-state index is 12.0. The van der Waals surface area contributed by atoms with E-state index in [0.29, 0.717) is 21.6 Å². The number of hydrogen-bond acceptors (Lipinski definition) is 4. The van der Waals surface area contributed by atoms with Crippen LogP contribution in [0.5, 0.6) is 0 Å². The highest BCUT2D eigenvalue weighted by Gasteiger charge is 2.09. The lowest BCUT2D eigenvalue weighted by molar-refractivity contribution is 0.860. The Kier molecular flexibility index (Phi) is 2.60. The Balaban J connectivity index is 2.27. The van der Waals surface area contributed by atoms with E-state index < -0.39 is 0 Å². The van der Waals surface area contributed by atoms with E-state index in [4.69, 9.17) is 0 Å². The second-order valence-corrected chi connectivity index (χ2v) is 5.59. The van der Waals surface area contributed by atoms with E-state index in [1.54, 1.807) is 19.3 Å². The molecule has 3 heterocycles. The molecule has 1 N–H and O–H groups in total. The number of nitrogens with one attached hydrogen (secondary N) is 1. The Morgan fingerprint density at radius 1 is 1.32 bits per heavy atom. The van der Waals surface area contributed by atoms with Crippen LogP contribution >= 0.6 is 11.3 Å². The van der Waals surface area contributed by atoms with E-state index in [0.717, 1.165) is 4.88 Å². The highest BCUT2D eigenvalue weighted by Crippen LogP contribution is 2.22. The summed E-state index contributed by atoms with van der Waals surface area (Å²) in [6.45, 7) is 1.94. The van der Waals surface area contributed by atoms with E-state index in [9.17, 15) is 9.59 Å². The van der Waals surface area contributed by atoms with Crippen molar-refractivity contribution < 1.29 is 0 Å². The summed E-state index contributed by atoms with van der Waals surface area (Å²) in [5.41, 5.74) is 0.462. The maximum Gasteiger partial charge on any atom is 0.259 e. The van der Waals surface area contributed by atoms with Gasteiger partial charge in [0.1, 0.15) is 10.7 Å². The molecule has 0 aromatic carbocycles. The molecule has 19 heavy (non-hydrogen) atoms. The zero-order valence-corrected chi connectivity index (χ0v) is 11.2. The fraction of sp³-hybridized carbons (Fsp3) is 0.154. The van der Waals surface area contributed by atoms with E-state index >= 15 is 0 Å². The van der Waals surface area contributed by atoms with Gasteiger partial charge in [0.25, 0.3) is 5.56 Å². The van der Waals surface area contributed by atoms with Gasteiger partial charge in [-0.15, -0.1) is 11.3 Å². The number of pyridine rings is 1. The van der Waals surface area contributed by atoms with Gasteiger partial charge in [0.15, 0.2) is 0 Å². The lowest BCUT2D eigenvalue weighted by atomic mass is 10.2. The predicted octanol–water partition coefficient (Wildman–Crippen LogP) is 1.66. The number of aromatic nitrogens is 3. The molecule has 3 aromatic rings. The number of H-pyrrole nitrogens is 1. The van der Waals surface area contributed by atoms with Crippen molar-refractivity contribution >= 4 is 21.6 Å². The molecule has 6 heteroatoms. The second-order valence-electron chi connectivity index (χ2n) is 4.36. The van der Waals surface area contributed by atoms with E-state index in [-0.39, 0.29) is 11.1 Å². The number of fused-ring (bicyclic) bond motifs is 1. The van der Waals surface area contributed by atoms with Crippen LogP contribution in [0.4, 0.5) is 0 Å². The molecule has 0 bridgehead atoms. The molecular weight excluding hydrogens is 262 g/mol. The van der Waals surface area contributed by atoms with Gasteiger partial charge >= 0.3 is 0 Å². The van der Waals surface area contributed by atoms with Crippen LogP contribution in [0, 0.1) is 6.92 Å². The second kappa shape index (κ2) is 4.17. The summed E-state index contributed by atoms with van der Waals surface area (Å²) in [4.78, 5) is 32.3. The Bertz CT molecular complexity index is 889. The minimum atomic E-state index is -0.154. The predicted molar refractivity (Wildman–Crippen MR) is 75.7 cm³/mol. The summed E-state index contributed by atoms with van der Waals surface area (Å²) >= 11 is 1.48. The normalized spacial score (nSPS) is 11.1. The van der Waals surface area contributed by atoms with Gasteiger partial charge in [-0.05, 0) is 19.1 Å². The lowest BCUT2D eigenvalue weighted by Gasteiger charge is -2.02. The van der Waals surface area contributed by atoms with Crippen LogP contribution in [0.1, 0.15) is 4.88 Å². The third-order valence-corrected chi connectivity index (χ3v) is 3.83. The Morgan fingerprint density at radius 3 is 2.84 bits per heavy atom. The SMILES string of the molecule is Cc1cc2c(=O)[nH]c(-c3ccc(=O)n(C)c3)nc2s1. The highest BCUT2D eigenvalue weighted by atomic mass is 32.1. The number of hydrogen-bond donors (Lipinski definition) is 1. The number of aryl methyl sites for hydroxylation is 2. The van der Waals surface area contributed by atoms with Crippen molar-refractivity contribution in [1.82, 2.24) is 14.5 Å². The third kappa shape index (κ3) is 2.00.